The van der Waals surface area contributed by atoms with E-state index in [4.69, 9.17) is 5.21 Å². The number of nitrogens with zero attached hydrogens (tertiary/aromatic N) is 1. The molecular formula is C15H28N4O4. The Labute approximate surface area is 136 Å². The van der Waals surface area contributed by atoms with E-state index in [9.17, 15) is 14.4 Å². The highest BCUT2D eigenvalue weighted by Gasteiger charge is 2.36. The number of hydrogen-bond donors (Lipinski definition) is 4. The standard InChI is InChI=1S/C15H28N4O4/c1-3-4-5-6-11(9-13(20)18-23)14(21)12-10-17-7-8-19(12)15(22)16-2/h11-12,17,23H,3-10H2,1-2H3,(H,16,22)(H,18,20)/t11-,12-/m1/s1. The lowest BCUT2D eigenvalue weighted by Crippen LogP contribution is -2.60. The number of nitrogens with one attached hydrogen (secondary N) is 3. The predicted octanol–water partition coefficient (Wildman–Crippen LogP) is 0.261. The molecule has 0 saturated carbocycles. The number of rotatable bonds is 8. The predicted molar refractivity (Wildman–Crippen MR) is 85.0 cm³/mol. The first-order valence-electron chi connectivity index (χ1n) is 8.20. The first-order chi connectivity index (χ1) is 11.0. The smallest absolute Gasteiger partial charge is 0.317 e. The van der Waals surface area contributed by atoms with Gasteiger partial charge in [0.25, 0.3) is 0 Å². The zero-order chi connectivity index (χ0) is 17.2. The molecule has 1 saturated heterocycles. The van der Waals surface area contributed by atoms with Gasteiger partial charge in [-0.15, -0.1) is 0 Å². The maximum atomic E-state index is 12.9. The van der Waals surface area contributed by atoms with Crippen molar-refractivity contribution in [3.63, 3.8) is 0 Å². The molecular weight excluding hydrogens is 300 g/mol. The molecule has 132 valence electrons. The van der Waals surface area contributed by atoms with Crippen LogP contribution >= 0.6 is 0 Å². The van der Waals surface area contributed by atoms with Gasteiger partial charge in [0.05, 0.1) is 0 Å². The summed E-state index contributed by atoms with van der Waals surface area (Å²) in [5.41, 5.74) is 1.59. The third kappa shape index (κ3) is 5.80. The first-order valence-corrected chi connectivity index (χ1v) is 8.20. The molecule has 1 aliphatic rings. The molecule has 8 nitrogen and oxygen atoms in total. The molecule has 1 aliphatic heterocycles. The molecule has 1 heterocycles. The largest absolute Gasteiger partial charge is 0.341 e. The van der Waals surface area contributed by atoms with E-state index < -0.39 is 17.9 Å². The average molecular weight is 328 g/mol. The van der Waals surface area contributed by atoms with Crippen molar-refractivity contribution in [2.45, 2.75) is 45.1 Å². The van der Waals surface area contributed by atoms with Gasteiger partial charge in [-0.25, -0.2) is 10.3 Å². The third-order valence-electron chi connectivity index (χ3n) is 4.16. The van der Waals surface area contributed by atoms with Gasteiger partial charge in [-0.1, -0.05) is 26.2 Å². The summed E-state index contributed by atoms with van der Waals surface area (Å²) in [5, 5.41) is 14.4. The Balaban J connectivity index is 2.81. The van der Waals surface area contributed by atoms with E-state index in [0.717, 1.165) is 19.3 Å². The molecule has 2 atom stereocenters. The summed E-state index contributed by atoms with van der Waals surface area (Å²) in [6.07, 6.45) is 3.36. The number of hydrogen-bond acceptors (Lipinski definition) is 5. The molecule has 1 fully saturated rings. The number of piperazine rings is 1. The summed E-state index contributed by atoms with van der Waals surface area (Å²) in [4.78, 5) is 37.8. The Kier molecular flexibility index (Phi) is 8.57. The van der Waals surface area contributed by atoms with Crippen LogP contribution in [-0.4, -0.2) is 60.6 Å². The van der Waals surface area contributed by atoms with Crippen molar-refractivity contribution in [1.29, 1.82) is 0 Å². The van der Waals surface area contributed by atoms with E-state index in [1.54, 1.807) is 5.48 Å². The minimum Gasteiger partial charge on any atom is -0.341 e. The van der Waals surface area contributed by atoms with Crippen LogP contribution in [0.1, 0.15) is 39.0 Å². The van der Waals surface area contributed by atoms with Crippen LogP contribution in [0.2, 0.25) is 0 Å². The summed E-state index contributed by atoms with van der Waals surface area (Å²) in [7, 11) is 1.53. The molecule has 0 aromatic carbocycles. The van der Waals surface area contributed by atoms with Crippen molar-refractivity contribution in [3.8, 4) is 0 Å². The highest BCUT2D eigenvalue weighted by atomic mass is 16.5. The molecule has 3 amide bonds. The van der Waals surface area contributed by atoms with Gasteiger partial charge in [0.2, 0.25) is 5.91 Å². The van der Waals surface area contributed by atoms with Crippen molar-refractivity contribution in [3.05, 3.63) is 0 Å². The molecule has 4 N–H and O–H groups in total. The lowest BCUT2D eigenvalue weighted by atomic mass is 9.88. The van der Waals surface area contributed by atoms with Crippen LogP contribution in [0.15, 0.2) is 0 Å². The van der Waals surface area contributed by atoms with Crippen LogP contribution in [0.4, 0.5) is 4.79 Å². The summed E-state index contributed by atoms with van der Waals surface area (Å²) >= 11 is 0. The molecule has 23 heavy (non-hydrogen) atoms. The van der Waals surface area contributed by atoms with Crippen LogP contribution in [0, 0.1) is 5.92 Å². The maximum Gasteiger partial charge on any atom is 0.317 e. The third-order valence-corrected chi connectivity index (χ3v) is 4.16. The Hall–Kier alpha value is -1.67. The molecule has 0 aromatic heterocycles. The van der Waals surface area contributed by atoms with Crippen molar-refractivity contribution >= 4 is 17.7 Å². The Bertz CT molecular complexity index is 416. The summed E-state index contributed by atoms with van der Waals surface area (Å²) in [6, 6.07) is -0.870. The molecule has 0 aromatic rings. The second kappa shape index (κ2) is 10.2. The Morgan fingerprint density at radius 3 is 2.70 bits per heavy atom. The van der Waals surface area contributed by atoms with Gasteiger partial charge >= 0.3 is 6.03 Å². The average Bonchev–Trinajstić information content (AvgIpc) is 2.59. The lowest BCUT2D eigenvalue weighted by molar-refractivity contribution is -0.136. The summed E-state index contributed by atoms with van der Waals surface area (Å²) in [5.74, 6) is -1.19. The fourth-order valence-corrected chi connectivity index (χ4v) is 2.87. The van der Waals surface area contributed by atoms with Gasteiger partial charge in [0.15, 0.2) is 5.78 Å². The molecule has 0 bridgehead atoms. The minimum atomic E-state index is -0.582. The number of ketones is 1. The lowest BCUT2D eigenvalue weighted by Gasteiger charge is -2.36. The SMILES string of the molecule is CCCCC[C@H](CC(=O)NO)C(=O)[C@H]1CNCCN1C(=O)NC. The topological polar surface area (TPSA) is 111 Å². The zero-order valence-electron chi connectivity index (χ0n) is 13.9. The number of amides is 3. The molecule has 1 rings (SSSR count). The molecule has 8 heteroatoms. The summed E-state index contributed by atoms with van der Waals surface area (Å²) in [6.45, 7) is 3.53. The normalized spacial score (nSPS) is 19.1. The van der Waals surface area contributed by atoms with Crippen molar-refractivity contribution in [2.75, 3.05) is 26.7 Å². The van der Waals surface area contributed by atoms with Crippen LogP contribution in [0.3, 0.4) is 0 Å². The minimum absolute atomic E-state index is 0.0584. The monoisotopic (exact) mass is 328 g/mol. The number of carbonyl (C=O) groups is 3. The molecule has 0 spiro atoms. The fraction of sp³-hybridized carbons (Fsp3) is 0.800. The van der Waals surface area contributed by atoms with E-state index in [2.05, 4.69) is 17.6 Å². The highest BCUT2D eigenvalue weighted by molar-refractivity contribution is 5.93. The van der Waals surface area contributed by atoms with E-state index in [1.165, 1.54) is 11.9 Å². The van der Waals surface area contributed by atoms with Crippen LogP contribution in [-0.2, 0) is 9.59 Å². The first kappa shape index (κ1) is 19.4. The number of hydroxylamine groups is 1. The van der Waals surface area contributed by atoms with E-state index in [1.807, 2.05) is 0 Å². The van der Waals surface area contributed by atoms with Gasteiger partial charge in [-0.3, -0.25) is 14.8 Å². The zero-order valence-corrected chi connectivity index (χ0v) is 13.9. The van der Waals surface area contributed by atoms with Gasteiger partial charge in [-0.05, 0) is 6.42 Å². The number of unbranched alkanes of at least 4 members (excludes halogenated alkanes) is 2. The van der Waals surface area contributed by atoms with Crippen LogP contribution in [0.5, 0.6) is 0 Å². The highest BCUT2D eigenvalue weighted by Crippen LogP contribution is 2.20. The van der Waals surface area contributed by atoms with Gasteiger partial charge in [0.1, 0.15) is 6.04 Å². The molecule has 0 aliphatic carbocycles. The van der Waals surface area contributed by atoms with E-state index >= 15 is 0 Å². The van der Waals surface area contributed by atoms with Crippen molar-refractivity contribution in [1.82, 2.24) is 21.0 Å². The number of carbonyl (C=O) groups excluding carboxylic acids is 3. The van der Waals surface area contributed by atoms with Crippen LogP contribution < -0.4 is 16.1 Å². The summed E-state index contributed by atoms with van der Waals surface area (Å²) < 4.78 is 0. The molecule has 0 radical (unpaired) electrons. The second-order valence-corrected chi connectivity index (χ2v) is 5.80. The fourth-order valence-electron chi connectivity index (χ4n) is 2.87. The number of Topliss-reactive ketones (excluding diaryl/α,β-unsaturated/α-hetero) is 1. The van der Waals surface area contributed by atoms with Gasteiger partial charge in [-0.2, -0.15) is 0 Å². The van der Waals surface area contributed by atoms with Crippen molar-refractivity contribution < 1.29 is 19.6 Å². The Morgan fingerprint density at radius 2 is 2.09 bits per heavy atom. The van der Waals surface area contributed by atoms with Crippen molar-refractivity contribution in [2.24, 2.45) is 5.92 Å². The second-order valence-electron chi connectivity index (χ2n) is 5.80. The van der Waals surface area contributed by atoms with Crippen LogP contribution in [0.25, 0.3) is 0 Å². The van der Waals surface area contributed by atoms with Gasteiger partial charge in [0, 0.05) is 39.0 Å². The quantitative estimate of drug-likeness (QED) is 0.290. The van der Waals surface area contributed by atoms with E-state index in [0.29, 0.717) is 26.1 Å². The Morgan fingerprint density at radius 1 is 1.35 bits per heavy atom. The van der Waals surface area contributed by atoms with E-state index in [-0.39, 0.29) is 18.2 Å². The maximum absolute atomic E-state index is 12.9. The van der Waals surface area contributed by atoms with Gasteiger partial charge < -0.3 is 15.5 Å². The molecule has 0 unspecified atom stereocenters. The number of urea groups is 1.